The number of nitrogens with zero attached hydrogens (tertiary/aromatic N) is 4. The Morgan fingerprint density at radius 1 is 1.20 bits per heavy atom. The summed E-state index contributed by atoms with van der Waals surface area (Å²) in [6.45, 7) is 12.9. The molecule has 0 aliphatic rings. The van der Waals surface area contributed by atoms with Crippen LogP contribution in [0.2, 0.25) is 0 Å². The van der Waals surface area contributed by atoms with E-state index in [1.807, 2.05) is 10.6 Å². The van der Waals surface area contributed by atoms with Crippen molar-refractivity contribution < 1.29 is 0 Å². The van der Waals surface area contributed by atoms with Crippen molar-refractivity contribution in [2.75, 3.05) is 18.4 Å². The maximum absolute atomic E-state index is 4.26. The van der Waals surface area contributed by atoms with E-state index in [-0.39, 0.29) is 0 Å². The molecule has 2 heterocycles. The van der Waals surface area contributed by atoms with Gasteiger partial charge in [-0.15, -0.1) is 0 Å². The van der Waals surface area contributed by atoms with E-state index >= 15 is 0 Å². The summed E-state index contributed by atoms with van der Waals surface area (Å²) in [6, 6.07) is 5.25. The second kappa shape index (κ2) is 6.22. The Hall–Kier alpha value is -1.62. The molecule has 0 aliphatic carbocycles. The Balaban J connectivity index is 2.04. The molecule has 0 atom stereocenters. The molecule has 0 saturated carbocycles. The van der Waals surface area contributed by atoms with Crippen LogP contribution in [0.4, 0.5) is 5.82 Å². The van der Waals surface area contributed by atoms with Crippen LogP contribution >= 0.6 is 0 Å². The monoisotopic (exact) mass is 275 g/mol. The van der Waals surface area contributed by atoms with Gasteiger partial charge in [0, 0.05) is 25.2 Å². The van der Waals surface area contributed by atoms with E-state index in [4.69, 9.17) is 0 Å². The summed E-state index contributed by atoms with van der Waals surface area (Å²) in [5.41, 5.74) is 2.08. The Morgan fingerprint density at radius 3 is 2.55 bits per heavy atom. The van der Waals surface area contributed by atoms with Gasteiger partial charge in [0.1, 0.15) is 12.1 Å². The highest BCUT2D eigenvalue weighted by Crippen LogP contribution is 2.13. The van der Waals surface area contributed by atoms with E-state index in [2.05, 4.69) is 61.0 Å². The summed E-state index contributed by atoms with van der Waals surface area (Å²) >= 11 is 0. The Labute approximate surface area is 121 Å². The number of pyridine rings is 1. The van der Waals surface area contributed by atoms with Crippen molar-refractivity contribution in [2.45, 2.75) is 46.7 Å². The number of aromatic nitrogens is 3. The highest BCUT2D eigenvalue weighted by atomic mass is 15.3. The van der Waals surface area contributed by atoms with Crippen LogP contribution in [0.5, 0.6) is 0 Å². The van der Waals surface area contributed by atoms with Crippen LogP contribution in [0.25, 0.3) is 5.65 Å². The Kier molecular flexibility index (Phi) is 4.60. The van der Waals surface area contributed by atoms with Gasteiger partial charge in [0.05, 0.1) is 0 Å². The van der Waals surface area contributed by atoms with Crippen LogP contribution < -0.4 is 5.32 Å². The fraction of sp³-hybridized carbons (Fsp3) is 0.600. The lowest BCUT2D eigenvalue weighted by atomic mass is 10.2. The summed E-state index contributed by atoms with van der Waals surface area (Å²) in [7, 11) is 0. The zero-order chi connectivity index (χ0) is 14.7. The lowest BCUT2D eigenvalue weighted by Gasteiger charge is -2.30. The van der Waals surface area contributed by atoms with Crippen molar-refractivity contribution in [1.29, 1.82) is 0 Å². The molecule has 0 aromatic carbocycles. The normalized spacial score (nSPS) is 12.0. The lowest BCUT2D eigenvalue weighted by Crippen LogP contribution is -2.40. The smallest absolute Gasteiger partial charge is 0.157 e. The number of fused-ring (bicyclic) bond motifs is 1. The van der Waals surface area contributed by atoms with Gasteiger partial charge in [0.2, 0.25) is 0 Å². The van der Waals surface area contributed by atoms with Gasteiger partial charge in [0.25, 0.3) is 0 Å². The van der Waals surface area contributed by atoms with E-state index in [0.29, 0.717) is 12.1 Å². The van der Waals surface area contributed by atoms with Crippen LogP contribution in [0.15, 0.2) is 18.5 Å². The van der Waals surface area contributed by atoms with Crippen molar-refractivity contribution in [1.82, 2.24) is 19.5 Å². The zero-order valence-corrected chi connectivity index (χ0v) is 13.1. The molecule has 5 nitrogen and oxygen atoms in total. The third-order valence-electron chi connectivity index (χ3n) is 3.53. The number of hydrogen-bond donors (Lipinski definition) is 1. The van der Waals surface area contributed by atoms with Crippen LogP contribution in [-0.4, -0.2) is 44.7 Å². The third-order valence-corrected chi connectivity index (χ3v) is 3.53. The second-order valence-corrected chi connectivity index (χ2v) is 5.80. The molecule has 0 radical (unpaired) electrons. The summed E-state index contributed by atoms with van der Waals surface area (Å²) in [6.07, 6.45) is 1.59. The average Bonchev–Trinajstić information content (AvgIpc) is 2.81. The number of aryl methyl sites for hydroxylation is 1. The first-order valence-corrected chi connectivity index (χ1v) is 7.29. The number of hydrogen-bond acceptors (Lipinski definition) is 4. The topological polar surface area (TPSA) is 45.5 Å². The van der Waals surface area contributed by atoms with Crippen molar-refractivity contribution in [2.24, 2.45) is 0 Å². The van der Waals surface area contributed by atoms with Gasteiger partial charge in [-0.2, -0.15) is 9.61 Å². The molecule has 0 amide bonds. The van der Waals surface area contributed by atoms with Crippen LogP contribution in [0.1, 0.15) is 33.3 Å². The van der Waals surface area contributed by atoms with Crippen LogP contribution in [0, 0.1) is 6.92 Å². The minimum atomic E-state index is 0.556. The second-order valence-electron chi connectivity index (χ2n) is 5.80. The van der Waals surface area contributed by atoms with Crippen LogP contribution in [-0.2, 0) is 0 Å². The molecular formula is C15H25N5. The maximum Gasteiger partial charge on any atom is 0.157 e. The van der Waals surface area contributed by atoms with Gasteiger partial charge >= 0.3 is 0 Å². The van der Waals surface area contributed by atoms with Gasteiger partial charge in [-0.25, -0.2) is 4.98 Å². The lowest BCUT2D eigenvalue weighted by molar-refractivity contribution is 0.182. The van der Waals surface area contributed by atoms with Gasteiger partial charge in [-0.05, 0) is 52.3 Å². The van der Waals surface area contributed by atoms with Gasteiger partial charge in [-0.1, -0.05) is 0 Å². The van der Waals surface area contributed by atoms with Gasteiger partial charge in [0.15, 0.2) is 5.65 Å². The highest BCUT2D eigenvalue weighted by molar-refractivity contribution is 5.51. The molecule has 0 unspecified atom stereocenters. The van der Waals surface area contributed by atoms with E-state index in [1.165, 1.54) is 5.56 Å². The highest BCUT2D eigenvalue weighted by Gasteiger charge is 2.12. The summed E-state index contributed by atoms with van der Waals surface area (Å²) < 4.78 is 1.85. The largest absolute Gasteiger partial charge is 0.369 e. The fourth-order valence-corrected chi connectivity index (χ4v) is 2.61. The van der Waals surface area contributed by atoms with E-state index in [0.717, 1.165) is 24.6 Å². The molecule has 0 bridgehead atoms. The summed E-state index contributed by atoms with van der Waals surface area (Å²) in [5.74, 6) is 1.00. The van der Waals surface area contributed by atoms with Gasteiger partial charge in [-0.3, -0.25) is 4.90 Å². The number of anilines is 1. The first kappa shape index (κ1) is 14.8. The fourth-order valence-electron chi connectivity index (χ4n) is 2.61. The summed E-state index contributed by atoms with van der Waals surface area (Å²) in [5, 5.41) is 7.73. The number of nitrogens with one attached hydrogen (secondary N) is 1. The number of rotatable bonds is 6. The first-order chi connectivity index (χ1) is 9.49. The van der Waals surface area contributed by atoms with Crippen molar-refractivity contribution in [3.8, 4) is 0 Å². The molecular weight excluding hydrogens is 250 g/mol. The molecule has 2 rings (SSSR count). The van der Waals surface area contributed by atoms with E-state index in [1.54, 1.807) is 6.33 Å². The minimum Gasteiger partial charge on any atom is -0.369 e. The molecule has 2 aromatic rings. The molecule has 0 saturated heterocycles. The third kappa shape index (κ3) is 3.28. The summed E-state index contributed by atoms with van der Waals surface area (Å²) in [4.78, 5) is 6.71. The zero-order valence-electron chi connectivity index (χ0n) is 13.1. The Bertz CT molecular complexity index is 550. The predicted molar refractivity (Wildman–Crippen MR) is 83.2 cm³/mol. The van der Waals surface area contributed by atoms with E-state index in [9.17, 15) is 0 Å². The van der Waals surface area contributed by atoms with Crippen LogP contribution in [0.3, 0.4) is 0 Å². The van der Waals surface area contributed by atoms with Gasteiger partial charge < -0.3 is 5.32 Å². The van der Waals surface area contributed by atoms with Crippen molar-refractivity contribution >= 4 is 11.5 Å². The molecule has 5 heteroatoms. The molecule has 2 aromatic heterocycles. The quantitative estimate of drug-likeness (QED) is 0.880. The molecule has 110 valence electrons. The molecule has 0 spiro atoms. The SMILES string of the molecule is Cc1cc(NCCN(C(C)C)C(C)C)n2ncnc2c1. The molecule has 0 aliphatic heterocycles. The van der Waals surface area contributed by atoms with Crippen molar-refractivity contribution in [3.63, 3.8) is 0 Å². The molecule has 1 N–H and O–H groups in total. The first-order valence-electron chi connectivity index (χ1n) is 7.29. The standard InChI is InChI=1S/C15H25N5/c1-11(2)19(12(3)4)7-6-16-14-8-13(5)9-15-17-10-18-20(14)15/h8-12,16H,6-7H2,1-5H3. The predicted octanol–water partition coefficient (Wildman–Crippen LogP) is 2.57. The van der Waals surface area contributed by atoms with Crippen molar-refractivity contribution in [3.05, 3.63) is 24.0 Å². The molecule has 20 heavy (non-hydrogen) atoms. The maximum atomic E-state index is 4.26. The van der Waals surface area contributed by atoms with E-state index < -0.39 is 0 Å². The average molecular weight is 275 g/mol. The molecule has 0 fully saturated rings. The minimum absolute atomic E-state index is 0.556. The Morgan fingerprint density at radius 2 is 1.90 bits per heavy atom.